The van der Waals surface area contributed by atoms with Crippen LogP contribution in [0.1, 0.15) is 27.7 Å². The van der Waals surface area contributed by atoms with Crippen LogP contribution in [0.5, 0.6) is 0 Å². The first-order valence-corrected chi connectivity index (χ1v) is 4.49. The van der Waals surface area contributed by atoms with Crippen LogP contribution < -0.4 is 5.32 Å². The molecule has 0 radical (unpaired) electrons. The third-order valence-corrected chi connectivity index (χ3v) is 2.64. The minimum absolute atomic E-state index is 0.282. The molecule has 2 atom stereocenters. The standard InChI is InChI=1S/C10H19N/c1-8(2)5-6-10(4)9(3)7-11-10/h5-6,8-9,11H,7H2,1-4H3/b6-5-/t9-,10?/m1/s1. The van der Waals surface area contributed by atoms with Gasteiger partial charge in [-0.2, -0.15) is 0 Å². The molecule has 0 bridgehead atoms. The predicted octanol–water partition coefficient (Wildman–Crippen LogP) is 2.20. The Hall–Kier alpha value is -0.300. The van der Waals surface area contributed by atoms with Gasteiger partial charge in [-0.05, 0) is 18.8 Å². The second-order valence-electron chi connectivity index (χ2n) is 4.17. The van der Waals surface area contributed by atoms with Crippen LogP contribution in [0.25, 0.3) is 0 Å². The molecule has 0 saturated carbocycles. The first-order chi connectivity index (χ1) is 5.04. The molecular weight excluding hydrogens is 134 g/mol. The number of hydrogen-bond acceptors (Lipinski definition) is 1. The maximum Gasteiger partial charge on any atom is 0.0373 e. The average molecular weight is 153 g/mol. The van der Waals surface area contributed by atoms with Gasteiger partial charge in [-0.25, -0.2) is 0 Å². The summed E-state index contributed by atoms with van der Waals surface area (Å²) in [6.45, 7) is 10.1. The summed E-state index contributed by atoms with van der Waals surface area (Å²) < 4.78 is 0. The Morgan fingerprint density at radius 1 is 1.55 bits per heavy atom. The van der Waals surface area contributed by atoms with E-state index in [9.17, 15) is 0 Å². The molecule has 0 amide bonds. The molecule has 64 valence electrons. The molecule has 0 aliphatic carbocycles. The van der Waals surface area contributed by atoms with Crippen LogP contribution in [0.3, 0.4) is 0 Å². The van der Waals surface area contributed by atoms with E-state index in [-0.39, 0.29) is 5.54 Å². The molecule has 1 saturated heterocycles. The second-order valence-corrected chi connectivity index (χ2v) is 4.17. The number of rotatable bonds is 2. The van der Waals surface area contributed by atoms with Crippen LogP contribution in [0, 0.1) is 11.8 Å². The summed E-state index contributed by atoms with van der Waals surface area (Å²) in [5.41, 5.74) is 0.282. The maximum absolute atomic E-state index is 3.44. The van der Waals surface area contributed by atoms with Gasteiger partial charge in [0.2, 0.25) is 0 Å². The van der Waals surface area contributed by atoms with Crippen molar-refractivity contribution in [3.63, 3.8) is 0 Å². The minimum atomic E-state index is 0.282. The lowest BCUT2D eigenvalue weighted by Crippen LogP contribution is -2.60. The SMILES string of the molecule is CC(C)/C=C\C1(C)NC[C@H]1C. The minimum Gasteiger partial charge on any atom is -0.307 e. The average Bonchev–Trinajstić information content (AvgIpc) is 1.97. The molecule has 11 heavy (non-hydrogen) atoms. The molecule has 1 unspecified atom stereocenters. The highest BCUT2D eigenvalue weighted by atomic mass is 15.1. The second kappa shape index (κ2) is 2.98. The number of hydrogen-bond donors (Lipinski definition) is 1. The van der Waals surface area contributed by atoms with Gasteiger partial charge in [0.25, 0.3) is 0 Å². The molecule has 1 aliphatic rings. The zero-order chi connectivity index (χ0) is 8.48. The summed E-state index contributed by atoms with van der Waals surface area (Å²) in [5.74, 6) is 1.46. The molecule has 0 aromatic heterocycles. The molecule has 0 spiro atoms. The van der Waals surface area contributed by atoms with Crippen molar-refractivity contribution in [2.24, 2.45) is 11.8 Å². The van der Waals surface area contributed by atoms with E-state index < -0.39 is 0 Å². The third kappa shape index (κ3) is 1.84. The third-order valence-electron chi connectivity index (χ3n) is 2.64. The van der Waals surface area contributed by atoms with Crippen molar-refractivity contribution in [3.8, 4) is 0 Å². The smallest absolute Gasteiger partial charge is 0.0373 e. The highest BCUT2D eigenvalue weighted by Gasteiger charge is 2.36. The quantitative estimate of drug-likeness (QED) is 0.600. The van der Waals surface area contributed by atoms with E-state index in [2.05, 4.69) is 45.2 Å². The van der Waals surface area contributed by atoms with Gasteiger partial charge in [0.05, 0.1) is 0 Å². The Kier molecular flexibility index (Phi) is 2.38. The van der Waals surface area contributed by atoms with Gasteiger partial charge in [0.1, 0.15) is 0 Å². The fourth-order valence-electron chi connectivity index (χ4n) is 1.24. The number of nitrogens with one attached hydrogen (secondary N) is 1. The Morgan fingerprint density at radius 3 is 2.45 bits per heavy atom. The lowest BCUT2D eigenvalue weighted by atomic mass is 9.79. The molecule has 1 aliphatic heterocycles. The topological polar surface area (TPSA) is 12.0 Å². The number of allylic oxidation sites excluding steroid dienone is 1. The van der Waals surface area contributed by atoms with Crippen molar-refractivity contribution >= 4 is 0 Å². The highest BCUT2D eigenvalue weighted by Crippen LogP contribution is 2.26. The lowest BCUT2D eigenvalue weighted by Gasteiger charge is -2.44. The van der Waals surface area contributed by atoms with Gasteiger partial charge < -0.3 is 5.32 Å². The van der Waals surface area contributed by atoms with Crippen LogP contribution in [-0.4, -0.2) is 12.1 Å². The molecular formula is C10H19N. The Balaban J connectivity index is 2.47. The van der Waals surface area contributed by atoms with E-state index in [0.717, 1.165) is 5.92 Å². The van der Waals surface area contributed by atoms with Gasteiger partial charge in [-0.1, -0.05) is 32.9 Å². The van der Waals surface area contributed by atoms with Crippen molar-refractivity contribution < 1.29 is 0 Å². The molecule has 0 aromatic carbocycles. The van der Waals surface area contributed by atoms with Gasteiger partial charge in [0.15, 0.2) is 0 Å². The maximum atomic E-state index is 3.44. The largest absolute Gasteiger partial charge is 0.307 e. The first kappa shape index (κ1) is 8.79. The molecule has 1 rings (SSSR count). The molecule has 0 aromatic rings. The van der Waals surface area contributed by atoms with E-state index in [4.69, 9.17) is 0 Å². The highest BCUT2D eigenvalue weighted by molar-refractivity contribution is 5.13. The van der Waals surface area contributed by atoms with E-state index >= 15 is 0 Å². The van der Waals surface area contributed by atoms with Crippen molar-refractivity contribution in [1.82, 2.24) is 5.32 Å². The van der Waals surface area contributed by atoms with Crippen LogP contribution >= 0.6 is 0 Å². The summed E-state index contributed by atoms with van der Waals surface area (Å²) in [6.07, 6.45) is 4.59. The predicted molar refractivity (Wildman–Crippen MR) is 49.5 cm³/mol. The van der Waals surface area contributed by atoms with E-state index in [1.807, 2.05) is 0 Å². The van der Waals surface area contributed by atoms with Crippen molar-refractivity contribution in [3.05, 3.63) is 12.2 Å². The van der Waals surface area contributed by atoms with Crippen molar-refractivity contribution in [1.29, 1.82) is 0 Å². The normalized spacial score (nSPS) is 38.1. The van der Waals surface area contributed by atoms with Gasteiger partial charge in [-0.15, -0.1) is 0 Å². The molecule has 1 fully saturated rings. The van der Waals surface area contributed by atoms with Crippen molar-refractivity contribution in [2.75, 3.05) is 6.54 Å². The summed E-state index contributed by atoms with van der Waals surface area (Å²) in [6, 6.07) is 0. The fraction of sp³-hybridized carbons (Fsp3) is 0.800. The zero-order valence-electron chi connectivity index (χ0n) is 8.02. The zero-order valence-corrected chi connectivity index (χ0v) is 8.02. The van der Waals surface area contributed by atoms with Crippen LogP contribution in [0.4, 0.5) is 0 Å². The molecule has 1 N–H and O–H groups in total. The van der Waals surface area contributed by atoms with Crippen molar-refractivity contribution in [2.45, 2.75) is 33.2 Å². The Labute approximate surface area is 69.9 Å². The first-order valence-electron chi connectivity index (χ1n) is 4.49. The molecule has 1 heteroatoms. The van der Waals surface area contributed by atoms with E-state index in [1.165, 1.54) is 6.54 Å². The van der Waals surface area contributed by atoms with Crippen LogP contribution in [-0.2, 0) is 0 Å². The van der Waals surface area contributed by atoms with E-state index in [0.29, 0.717) is 5.92 Å². The lowest BCUT2D eigenvalue weighted by molar-refractivity contribution is 0.189. The Morgan fingerprint density at radius 2 is 2.18 bits per heavy atom. The van der Waals surface area contributed by atoms with Gasteiger partial charge in [-0.3, -0.25) is 0 Å². The van der Waals surface area contributed by atoms with E-state index in [1.54, 1.807) is 0 Å². The van der Waals surface area contributed by atoms with Crippen LogP contribution in [0.15, 0.2) is 12.2 Å². The van der Waals surface area contributed by atoms with Crippen LogP contribution in [0.2, 0.25) is 0 Å². The summed E-state index contributed by atoms with van der Waals surface area (Å²) in [5, 5.41) is 3.44. The monoisotopic (exact) mass is 153 g/mol. The van der Waals surface area contributed by atoms with Gasteiger partial charge >= 0.3 is 0 Å². The summed E-state index contributed by atoms with van der Waals surface area (Å²) >= 11 is 0. The summed E-state index contributed by atoms with van der Waals surface area (Å²) in [7, 11) is 0. The van der Waals surface area contributed by atoms with Gasteiger partial charge in [0, 0.05) is 12.1 Å². The fourth-order valence-corrected chi connectivity index (χ4v) is 1.24. The molecule has 1 nitrogen and oxygen atoms in total. The molecule has 1 heterocycles. The summed E-state index contributed by atoms with van der Waals surface area (Å²) in [4.78, 5) is 0. The Bertz CT molecular complexity index is 160.